The van der Waals surface area contributed by atoms with Gasteiger partial charge in [0.25, 0.3) is 5.91 Å². The molecule has 2 aromatic heterocycles. The summed E-state index contributed by atoms with van der Waals surface area (Å²) >= 11 is 0. The molecule has 1 N–H and O–H groups in total. The fourth-order valence-electron chi connectivity index (χ4n) is 3.53. The van der Waals surface area contributed by atoms with Crippen LogP contribution in [0.5, 0.6) is 0 Å². The van der Waals surface area contributed by atoms with Crippen molar-refractivity contribution in [3.8, 4) is 0 Å². The lowest BCUT2D eigenvalue weighted by Crippen LogP contribution is -2.35. The minimum Gasteiger partial charge on any atom is -0.428 e. The lowest BCUT2D eigenvalue weighted by molar-refractivity contribution is -0.130. The smallest absolute Gasteiger partial charge is 0.269 e. The Kier molecular flexibility index (Phi) is 5.16. The second-order valence-corrected chi connectivity index (χ2v) is 7.35. The molecular weight excluding hydrogens is 370 g/mol. The maximum absolute atomic E-state index is 12.6. The number of hydrogen-bond donors (Lipinski definition) is 1. The molecule has 0 unspecified atom stereocenters. The standard InChI is InChI=1S/C21H23N5O3/c1-25(2)21(28)18-11-15-6-5-14(10-17(15)23-18)16-4-3-9-26(12-16)20(27)8-7-19-24-22-13-29-19/h4-6,10-11,13,23H,3,7-9,12H2,1-2H3. The molecule has 1 aromatic carbocycles. The lowest BCUT2D eigenvalue weighted by atomic mass is 10.00. The zero-order valence-electron chi connectivity index (χ0n) is 16.5. The fourth-order valence-corrected chi connectivity index (χ4v) is 3.53. The number of benzene rings is 1. The average molecular weight is 393 g/mol. The van der Waals surface area contributed by atoms with Crippen molar-refractivity contribution in [1.29, 1.82) is 0 Å². The molecule has 8 heteroatoms. The van der Waals surface area contributed by atoms with E-state index in [4.69, 9.17) is 4.42 Å². The van der Waals surface area contributed by atoms with E-state index in [0.717, 1.165) is 28.5 Å². The molecule has 3 heterocycles. The first-order valence-corrected chi connectivity index (χ1v) is 9.58. The zero-order valence-corrected chi connectivity index (χ0v) is 16.5. The van der Waals surface area contributed by atoms with Crippen molar-refractivity contribution < 1.29 is 14.0 Å². The molecule has 150 valence electrons. The van der Waals surface area contributed by atoms with Gasteiger partial charge in [0.1, 0.15) is 5.69 Å². The Hall–Kier alpha value is -3.42. The number of nitrogens with one attached hydrogen (secondary N) is 1. The van der Waals surface area contributed by atoms with Gasteiger partial charge in [-0.3, -0.25) is 9.59 Å². The van der Waals surface area contributed by atoms with Crippen LogP contribution in [0.2, 0.25) is 0 Å². The summed E-state index contributed by atoms with van der Waals surface area (Å²) in [6.07, 6.45) is 5.06. The molecule has 0 bridgehead atoms. The van der Waals surface area contributed by atoms with Gasteiger partial charge in [0.2, 0.25) is 18.2 Å². The number of carbonyl (C=O) groups excluding carboxylic acids is 2. The van der Waals surface area contributed by atoms with Gasteiger partial charge in [-0.15, -0.1) is 10.2 Å². The minimum atomic E-state index is -0.0577. The SMILES string of the molecule is CN(C)C(=O)c1cc2ccc(C3=CCCN(C(=O)CCc4nnco4)C3)cc2[nH]1. The van der Waals surface area contributed by atoms with E-state index in [1.165, 1.54) is 6.39 Å². The van der Waals surface area contributed by atoms with Gasteiger partial charge in [-0.2, -0.15) is 0 Å². The van der Waals surface area contributed by atoms with E-state index in [0.29, 0.717) is 37.5 Å². The summed E-state index contributed by atoms with van der Waals surface area (Å²) in [7, 11) is 3.46. The normalized spacial score (nSPS) is 14.1. The van der Waals surface area contributed by atoms with Gasteiger partial charge in [-0.1, -0.05) is 18.2 Å². The molecule has 0 radical (unpaired) electrons. The molecule has 1 aliphatic heterocycles. The van der Waals surface area contributed by atoms with Gasteiger partial charge < -0.3 is 19.2 Å². The van der Waals surface area contributed by atoms with E-state index in [9.17, 15) is 9.59 Å². The molecule has 4 rings (SSSR count). The number of hydrogen-bond acceptors (Lipinski definition) is 5. The van der Waals surface area contributed by atoms with E-state index >= 15 is 0 Å². The molecule has 8 nitrogen and oxygen atoms in total. The van der Waals surface area contributed by atoms with E-state index < -0.39 is 0 Å². The van der Waals surface area contributed by atoms with Crippen LogP contribution in [0.4, 0.5) is 0 Å². The van der Waals surface area contributed by atoms with Crippen LogP contribution >= 0.6 is 0 Å². The fraction of sp³-hybridized carbons (Fsp3) is 0.333. The van der Waals surface area contributed by atoms with Gasteiger partial charge in [0, 0.05) is 50.9 Å². The van der Waals surface area contributed by atoms with Gasteiger partial charge in [0.05, 0.1) is 0 Å². The molecular formula is C21H23N5O3. The van der Waals surface area contributed by atoms with Crippen molar-refractivity contribution in [2.45, 2.75) is 19.3 Å². The lowest BCUT2D eigenvalue weighted by Gasteiger charge is -2.27. The molecule has 0 saturated carbocycles. The summed E-state index contributed by atoms with van der Waals surface area (Å²) in [6.45, 7) is 1.27. The third kappa shape index (κ3) is 4.06. The van der Waals surface area contributed by atoms with E-state index in [1.807, 2.05) is 29.2 Å². The third-order valence-corrected chi connectivity index (χ3v) is 5.09. The van der Waals surface area contributed by atoms with E-state index in [2.05, 4.69) is 21.3 Å². The highest BCUT2D eigenvalue weighted by atomic mass is 16.4. The maximum atomic E-state index is 12.6. The Bertz CT molecular complexity index is 1070. The number of nitrogens with zero attached hydrogens (tertiary/aromatic N) is 4. The molecule has 0 spiro atoms. The second-order valence-electron chi connectivity index (χ2n) is 7.35. The van der Waals surface area contributed by atoms with E-state index in [-0.39, 0.29) is 11.8 Å². The Labute approximate surface area is 168 Å². The van der Waals surface area contributed by atoms with Crippen molar-refractivity contribution in [3.05, 3.63) is 53.9 Å². The number of H-pyrrole nitrogens is 1. The number of aromatic nitrogens is 3. The van der Waals surface area contributed by atoms with Crippen LogP contribution in [-0.2, 0) is 11.2 Å². The molecule has 0 fully saturated rings. The molecule has 29 heavy (non-hydrogen) atoms. The Morgan fingerprint density at radius 1 is 1.28 bits per heavy atom. The van der Waals surface area contributed by atoms with Crippen LogP contribution in [0.1, 0.15) is 34.8 Å². The molecule has 3 aromatic rings. The van der Waals surface area contributed by atoms with Crippen LogP contribution < -0.4 is 0 Å². The highest BCUT2D eigenvalue weighted by Gasteiger charge is 2.20. The predicted molar refractivity (Wildman–Crippen MR) is 108 cm³/mol. The largest absolute Gasteiger partial charge is 0.428 e. The molecule has 0 aliphatic carbocycles. The van der Waals surface area contributed by atoms with Crippen molar-refractivity contribution >= 4 is 28.3 Å². The van der Waals surface area contributed by atoms with E-state index in [1.54, 1.807) is 19.0 Å². The average Bonchev–Trinajstić information content (AvgIpc) is 3.40. The maximum Gasteiger partial charge on any atom is 0.269 e. The van der Waals surface area contributed by atoms with Crippen LogP contribution in [0, 0.1) is 0 Å². The number of fused-ring (bicyclic) bond motifs is 1. The van der Waals surface area contributed by atoms with Crippen molar-refractivity contribution in [1.82, 2.24) is 25.0 Å². The number of aryl methyl sites for hydroxylation is 1. The summed E-state index contributed by atoms with van der Waals surface area (Å²) in [4.78, 5) is 31.4. The summed E-state index contributed by atoms with van der Waals surface area (Å²) in [6, 6.07) is 7.95. The quantitative estimate of drug-likeness (QED) is 0.719. The first kappa shape index (κ1) is 18.9. The Morgan fingerprint density at radius 3 is 2.90 bits per heavy atom. The van der Waals surface area contributed by atoms with Crippen LogP contribution in [-0.4, -0.2) is 64.0 Å². The number of carbonyl (C=O) groups is 2. The van der Waals surface area contributed by atoms with Crippen molar-refractivity contribution in [3.63, 3.8) is 0 Å². The topological polar surface area (TPSA) is 95.3 Å². The first-order chi connectivity index (χ1) is 14.0. The number of aromatic amines is 1. The van der Waals surface area contributed by atoms with Crippen molar-refractivity contribution in [2.24, 2.45) is 0 Å². The monoisotopic (exact) mass is 393 g/mol. The first-order valence-electron chi connectivity index (χ1n) is 9.58. The van der Waals surface area contributed by atoms with Crippen LogP contribution in [0.3, 0.4) is 0 Å². The summed E-state index contributed by atoms with van der Waals surface area (Å²) in [5.74, 6) is 0.498. The van der Waals surface area contributed by atoms with Gasteiger partial charge in [0.15, 0.2) is 0 Å². The Balaban J connectivity index is 1.47. The molecule has 2 amide bonds. The molecule has 0 atom stereocenters. The van der Waals surface area contributed by atoms with Gasteiger partial charge in [-0.05, 0) is 29.7 Å². The highest BCUT2D eigenvalue weighted by molar-refractivity contribution is 5.98. The minimum absolute atomic E-state index is 0.0577. The van der Waals surface area contributed by atoms with Crippen LogP contribution in [0.25, 0.3) is 16.5 Å². The third-order valence-electron chi connectivity index (χ3n) is 5.09. The second kappa shape index (κ2) is 7.90. The number of amides is 2. The summed E-state index contributed by atoms with van der Waals surface area (Å²) in [5.41, 5.74) is 3.64. The summed E-state index contributed by atoms with van der Waals surface area (Å²) < 4.78 is 5.10. The van der Waals surface area contributed by atoms with Crippen LogP contribution in [0.15, 0.2) is 41.2 Å². The number of rotatable bonds is 5. The zero-order chi connectivity index (χ0) is 20.4. The molecule has 0 saturated heterocycles. The van der Waals surface area contributed by atoms with Crippen molar-refractivity contribution in [2.75, 3.05) is 27.2 Å². The Morgan fingerprint density at radius 2 is 2.14 bits per heavy atom. The predicted octanol–water partition coefficient (Wildman–Crippen LogP) is 2.50. The highest BCUT2D eigenvalue weighted by Crippen LogP contribution is 2.26. The van der Waals surface area contributed by atoms with Gasteiger partial charge >= 0.3 is 0 Å². The molecule has 1 aliphatic rings. The van der Waals surface area contributed by atoms with Gasteiger partial charge in [-0.25, -0.2) is 0 Å². The summed E-state index contributed by atoms with van der Waals surface area (Å²) in [5, 5.41) is 8.44.